The fourth-order valence-electron chi connectivity index (χ4n) is 1.10. The number of hydrogen-bond acceptors (Lipinski definition) is 1. The van der Waals surface area contributed by atoms with Crippen LogP contribution in [0.1, 0.15) is 19.4 Å². The van der Waals surface area contributed by atoms with Crippen LogP contribution >= 0.6 is 11.6 Å². The van der Waals surface area contributed by atoms with E-state index in [9.17, 15) is 4.79 Å². The second kappa shape index (κ2) is 5.03. The lowest BCUT2D eigenvalue weighted by Gasteiger charge is -2.10. The molecule has 0 aliphatic rings. The Balaban J connectivity index is 2.65. The molecule has 0 spiro atoms. The van der Waals surface area contributed by atoms with Gasteiger partial charge in [0.15, 0.2) is 0 Å². The molecule has 0 aliphatic heterocycles. The van der Waals surface area contributed by atoms with E-state index in [1.54, 1.807) is 6.07 Å². The van der Waals surface area contributed by atoms with E-state index in [2.05, 4.69) is 10.6 Å². The van der Waals surface area contributed by atoms with Gasteiger partial charge in [-0.05, 0) is 38.5 Å². The third-order valence-electron chi connectivity index (χ3n) is 1.85. The number of amides is 2. The van der Waals surface area contributed by atoms with Crippen molar-refractivity contribution in [2.45, 2.75) is 26.8 Å². The molecule has 1 rings (SSSR count). The molecule has 0 aliphatic carbocycles. The maximum Gasteiger partial charge on any atom is 0.319 e. The van der Waals surface area contributed by atoms with Gasteiger partial charge in [0.2, 0.25) is 0 Å². The van der Waals surface area contributed by atoms with Gasteiger partial charge in [0.1, 0.15) is 0 Å². The van der Waals surface area contributed by atoms with Crippen molar-refractivity contribution in [2.24, 2.45) is 0 Å². The van der Waals surface area contributed by atoms with E-state index in [1.807, 2.05) is 32.9 Å². The Morgan fingerprint density at radius 3 is 2.60 bits per heavy atom. The number of carbonyl (C=O) groups is 1. The summed E-state index contributed by atoms with van der Waals surface area (Å²) in [5.74, 6) is 0. The maximum atomic E-state index is 11.4. The van der Waals surface area contributed by atoms with Crippen molar-refractivity contribution in [3.63, 3.8) is 0 Å². The predicted octanol–water partition coefficient (Wildman–Crippen LogP) is 3.18. The molecule has 0 radical (unpaired) electrons. The highest BCUT2D eigenvalue weighted by Gasteiger charge is 2.04. The van der Waals surface area contributed by atoms with Gasteiger partial charge in [0, 0.05) is 16.8 Å². The van der Waals surface area contributed by atoms with Crippen molar-refractivity contribution >= 4 is 23.3 Å². The third-order valence-corrected chi connectivity index (χ3v) is 2.26. The molecule has 82 valence electrons. The molecule has 0 unspecified atom stereocenters. The van der Waals surface area contributed by atoms with Gasteiger partial charge >= 0.3 is 6.03 Å². The van der Waals surface area contributed by atoms with Crippen LogP contribution < -0.4 is 10.6 Å². The normalized spacial score (nSPS) is 10.2. The Hall–Kier alpha value is -1.22. The van der Waals surface area contributed by atoms with Crippen molar-refractivity contribution in [1.29, 1.82) is 0 Å². The molecule has 2 amide bonds. The highest BCUT2D eigenvalue weighted by atomic mass is 35.5. The smallest absolute Gasteiger partial charge is 0.319 e. The Labute approximate surface area is 94.8 Å². The molecule has 0 heterocycles. The highest BCUT2D eigenvalue weighted by molar-refractivity contribution is 6.31. The predicted molar refractivity (Wildman–Crippen MR) is 63.5 cm³/mol. The second-order valence-corrected chi connectivity index (χ2v) is 4.12. The van der Waals surface area contributed by atoms with E-state index in [1.165, 1.54) is 0 Å². The van der Waals surface area contributed by atoms with Crippen LogP contribution in [0.4, 0.5) is 10.5 Å². The zero-order chi connectivity index (χ0) is 11.4. The Bertz CT molecular complexity index is 364. The number of aryl methyl sites for hydroxylation is 1. The first kappa shape index (κ1) is 11.9. The zero-order valence-electron chi connectivity index (χ0n) is 9.10. The molecule has 3 nitrogen and oxygen atoms in total. The number of anilines is 1. The average Bonchev–Trinajstić information content (AvgIpc) is 2.10. The van der Waals surface area contributed by atoms with Crippen LogP contribution in [0.15, 0.2) is 18.2 Å². The number of carbonyl (C=O) groups excluding carboxylic acids is 1. The third kappa shape index (κ3) is 3.80. The lowest BCUT2D eigenvalue weighted by Crippen LogP contribution is -2.34. The van der Waals surface area contributed by atoms with E-state index < -0.39 is 0 Å². The number of rotatable bonds is 2. The summed E-state index contributed by atoms with van der Waals surface area (Å²) in [6, 6.07) is 5.32. The van der Waals surface area contributed by atoms with Crippen molar-refractivity contribution in [2.75, 3.05) is 5.32 Å². The number of urea groups is 1. The Morgan fingerprint density at radius 1 is 1.40 bits per heavy atom. The molecule has 2 N–H and O–H groups in total. The van der Waals surface area contributed by atoms with Gasteiger partial charge < -0.3 is 10.6 Å². The van der Waals surface area contributed by atoms with Crippen LogP contribution in [0.2, 0.25) is 5.02 Å². The van der Waals surface area contributed by atoms with E-state index >= 15 is 0 Å². The summed E-state index contributed by atoms with van der Waals surface area (Å²) >= 11 is 5.93. The van der Waals surface area contributed by atoms with Crippen LogP contribution in [-0.4, -0.2) is 12.1 Å². The monoisotopic (exact) mass is 226 g/mol. The topological polar surface area (TPSA) is 41.1 Å². The molecule has 0 saturated carbocycles. The Kier molecular flexibility index (Phi) is 3.97. The molecular formula is C11H15ClN2O. The summed E-state index contributed by atoms with van der Waals surface area (Å²) in [4.78, 5) is 11.4. The molecular weight excluding hydrogens is 212 g/mol. The highest BCUT2D eigenvalue weighted by Crippen LogP contribution is 2.19. The van der Waals surface area contributed by atoms with E-state index in [0.717, 1.165) is 5.56 Å². The van der Waals surface area contributed by atoms with E-state index in [4.69, 9.17) is 11.6 Å². The van der Waals surface area contributed by atoms with Crippen molar-refractivity contribution < 1.29 is 4.79 Å². The van der Waals surface area contributed by atoms with Crippen LogP contribution in [-0.2, 0) is 0 Å². The van der Waals surface area contributed by atoms with Gasteiger partial charge in [0.05, 0.1) is 0 Å². The summed E-state index contributed by atoms with van der Waals surface area (Å²) in [7, 11) is 0. The fraction of sp³-hybridized carbons (Fsp3) is 0.364. The molecule has 0 saturated heterocycles. The van der Waals surface area contributed by atoms with Crippen molar-refractivity contribution in [3.05, 3.63) is 28.8 Å². The minimum atomic E-state index is -0.218. The summed E-state index contributed by atoms with van der Waals surface area (Å²) < 4.78 is 0. The quantitative estimate of drug-likeness (QED) is 0.799. The van der Waals surface area contributed by atoms with E-state index in [-0.39, 0.29) is 12.1 Å². The maximum absolute atomic E-state index is 11.4. The molecule has 1 aromatic carbocycles. The van der Waals surface area contributed by atoms with Gasteiger partial charge in [0.25, 0.3) is 0 Å². The lowest BCUT2D eigenvalue weighted by atomic mass is 10.2. The number of nitrogens with one attached hydrogen (secondary N) is 2. The molecule has 0 bridgehead atoms. The molecule has 15 heavy (non-hydrogen) atoms. The zero-order valence-corrected chi connectivity index (χ0v) is 9.85. The van der Waals surface area contributed by atoms with Gasteiger partial charge in [-0.15, -0.1) is 0 Å². The van der Waals surface area contributed by atoms with Crippen LogP contribution in [0.5, 0.6) is 0 Å². The minimum Gasteiger partial charge on any atom is -0.336 e. The minimum absolute atomic E-state index is 0.117. The standard InChI is InChI=1S/C11H15ClN2O/c1-7(2)13-11(15)14-9-5-4-8(3)10(12)6-9/h4-7H,1-3H3,(H2,13,14,15). The summed E-state index contributed by atoms with van der Waals surface area (Å²) in [6.45, 7) is 5.73. The van der Waals surface area contributed by atoms with Crippen LogP contribution in [0.3, 0.4) is 0 Å². The van der Waals surface area contributed by atoms with Crippen molar-refractivity contribution in [3.8, 4) is 0 Å². The first-order chi connectivity index (χ1) is 6.99. The van der Waals surface area contributed by atoms with Gasteiger partial charge in [-0.25, -0.2) is 4.79 Å². The summed E-state index contributed by atoms with van der Waals surface area (Å²) in [6.07, 6.45) is 0. The Morgan fingerprint density at radius 2 is 2.07 bits per heavy atom. The largest absolute Gasteiger partial charge is 0.336 e. The lowest BCUT2D eigenvalue weighted by molar-refractivity contribution is 0.250. The second-order valence-electron chi connectivity index (χ2n) is 3.72. The molecule has 4 heteroatoms. The molecule has 1 aromatic rings. The van der Waals surface area contributed by atoms with Crippen LogP contribution in [0, 0.1) is 6.92 Å². The number of halogens is 1. The van der Waals surface area contributed by atoms with Gasteiger partial charge in [-0.2, -0.15) is 0 Å². The van der Waals surface area contributed by atoms with Crippen LogP contribution in [0.25, 0.3) is 0 Å². The first-order valence-electron chi connectivity index (χ1n) is 4.82. The van der Waals surface area contributed by atoms with Crippen molar-refractivity contribution in [1.82, 2.24) is 5.32 Å². The fourth-order valence-corrected chi connectivity index (χ4v) is 1.28. The summed E-state index contributed by atoms with van der Waals surface area (Å²) in [5, 5.41) is 6.09. The van der Waals surface area contributed by atoms with Gasteiger partial charge in [-0.3, -0.25) is 0 Å². The molecule has 0 atom stereocenters. The molecule has 0 aromatic heterocycles. The SMILES string of the molecule is Cc1ccc(NC(=O)NC(C)C)cc1Cl. The van der Waals surface area contributed by atoms with Gasteiger partial charge in [-0.1, -0.05) is 17.7 Å². The molecule has 0 fully saturated rings. The first-order valence-corrected chi connectivity index (χ1v) is 5.20. The number of benzene rings is 1. The number of hydrogen-bond donors (Lipinski definition) is 2. The summed E-state index contributed by atoms with van der Waals surface area (Å²) in [5.41, 5.74) is 1.69. The average molecular weight is 227 g/mol. The van der Waals surface area contributed by atoms with E-state index in [0.29, 0.717) is 10.7 Å².